The van der Waals surface area contributed by atoms with Crippen molar-refractivity contribution in [3.63, 3.8) is 0 Å². The molecule has 0 amide bonds. The molecule has 0 aromatic carbocycles. The van der Waals surface area contributed by atoms with E-state index in [1.807, 2.05) is 0 Å². The van der Waals surface area contributed by atoms with Gasteiger partial charge in [0.1, 0.15) is 0 Å². The summed E-state index contributed by atoms with van der Waals surface area (Å²) in [5, 5.41) is 2.41. The molecule has 5 heavy (non-hydrogen) atoms. The topological polar surface area (TPSA) is 29.4 Å². The van der Waals surface area contributed by atoms with Crippen LogP contribution in [0.3, 0.4) is 0 Å². The molecule has 28 valence electrons. The highest BCUT2D eigenvalue weighted by molar-refractivity contribution is 7.22. The Kier molecular flexibility index (Phi) is 1.94. The van der Waals surface area contributed by atoms with E-state index in [-0.39, 0.29) is 5.44 Å². The highest BCUT2D eigenvalue weighted by Crippen LogP contribution is 1.98. The largest absolute Gasteiger partial charge is 0.145 e. The molecule has 0 fully saturated rings. The van der Waals surface area contributed by atoms with E-state index in [0.29, 0.717) is 0 Å². The van der Waals surface area contributed by atoms with Gasteiger partial charge < -0.3 is 0 Å². The van der Waals surface area contributed by atoms with Gasteiger partial charge in [-0.3, -0.25) is 0 Å². The number of nitroso groups, excluding NO2 is 1. The Bertz CT molecular complexity index is 60.7. The Labute approximate surface area is 32.4 Å². The summed E-state index contributed by atoms with van der Waals surface area (Å²) in [6, 6.07) is 0. The quantitative estimate of drug-likeness (QED) is 0.349. The van der Waals surface area contributed by atoms with Crippen molar-refractivity contribution >= 4 is 9.24 Å². The van der Waals surface area contributed by atoms with Crippen molar-refractivity contribution in [3.8, 4) is 0 Å². The second kappa shape index (κ2) is 2.04. The molecule has 1 unspecified atom stereocenters. The van der Waals surface area contributed by atoms with Crippen LogP contribution in [-0.2, 0) is 0 Å². The molecule has 0 saturated carbocycles. The summed E-state index contributed by atoms with van der Waals surface area (Å²) in [7, 11) is 2.06. The molecule has 0 saturated heterocycles. The van der Waals surface area contributed by atoms with Crippen molar-refractivity contribution in [1.29, 1.82) is 0 Å². The lowest BCUT2D eigenvalue weighted by atomic mass is 11.1. The van der Waals surface area contributed by atoms with Crippen LogP contribution in [0, 0.1) is 4.91 Å². The Hall–Kier alpha value is -0.230. The Morgan fingerprint density at radius 2 is 2.20 bits per heavy atom. The molecule has 0 spiro atoms. The lowest BCUT2D eigenvalue weighted by molar-refractivity contribution is 1.52. The maximum absolute atomic E-state index is 9.13. The summed E-state index contributed by atoms with van der Waals surface area (Å²) in [6.07, 6.45) is 0. The molecule has 0 aromatic rings. The smallest absolute Gasteiger partial charge is 0.0941 e. The van der Waals surface area contributed by atoms with Gasteiger partial charge >= 0.3 is 0 Å². The van der Waals surface area contributed by atoms with Gasteiger partial charge in [-0.1, -0.05) is 15.8 Å². The van der Waals surface area contributed by atoms with Gasteiger partial charge in [0, 0.05) is 0 Å². The average Bonchev–Trinajstić information content (AvgIpc) is 1.38. The average molecular weight is 89.0 g/mol. The first-order chi connectivity index (χ1) is 2.27. The second-order valence-corrected chi connectivity index (χ2v) is 1.25. The van der Waals surface area contributed by atoms with Crippen LogP contribution in [0.15, 0.2) is 17.2 Å². The van der Waals surface area contributed by atoms with E-state index < -0.39 is 0 Å². The summed E-state index contributed by atoms with van der Waals surface area (Å²) < 4.78 is 0. The van der Waals surface area contributed by atoms with E-state index in [1.165, 1.54) is 0 Å². The van der Waals surface area contributed by atoms with Crippen LogP contribution in [0.2, 0.25) is 0 Å². The molecule has 0 radical (unpaired) electrons. The van der Waals surface area contributed by atoms with Gasteiger partial charge in [0.15, 0.2) is 0 Å². The zero-order valence-corrected chi connectivity index (χ0v) is 3.79. The molecule has 0 heterocycles. The molecule has 0 aliphatic rings. The van der Waals surface area contributed by atoms with Gasteiger partial charge in [-0.25, -0.2) is 0 Å². The van der Waals surface area contributed by atoms with E-state index >= 15 is 0 Å². The molecular formula is C2H4NOP. The second-order valence-electron chi connectivity index (χ2n) is 0.583. The van der Waals surface area contributed by atoms with E-state index in [1.54, 1.807) is 0 Å². The number of rotatable bonds is 1. The maximum atomic E-state index is 9.13. The van der Waals surface area contributed by atoms with Gasteiger partial charge in [0.25, 0.3) is 0 Å². The molecule has 0 aromatic heterocycles. The van der Waals surface area contributed by atoms with E-state index in [2.05, 4.69) is 21.0 Å². The first kappa shape index (κ1) is 4.77. The number of hydrogen-bond acceptors (Lipinski definition) is 2. The minimum Gasteiger partial charge on any atom is -0.145 e. The lowest BCUT2D eigenvalue weighted by Crippen LogP contribution is -1.41. The van der Waals surface area contributed by atoms with Crippen LogP contribution >= 0.6 is 9.24 Å². The molecule has 1 atom stereocenters. The molecule has 0 N–H and O–H groups in total. The Morgan fingerprint density at radius 1 is 2.00 bits per heavy atom. The molecule has 0 rings (SSSR count). The maximum Gasteiger partial charge on any atom is 0.0941 e. The Morgan fingerprint density at radius 3 is 2.20 bits per heavy atom. The number of hydrogen-bond donors (Lipinski definition) is 0. The third-order valence-electron chi connectivity index (χ3n) is 0.117. The lowest BCUT2D eigenvalue weighted by Gasteiger charge is -1.64. The zero-order valence-electron chi connectivity index (χ0n) is 2.64. The molecular weight excluding hydrogens is 85.0 g/mol. The molecule has 2 nitrogen and oxygen atoms in total. The minimum absolute atomic E-state index is 0.241. The van der Waals surface area contributed by atoms with Gasteiger partial charge in [-0.05, 0) is 5.18 Å². The summed E-state index contributed by atoms with van der Waals surface area (Å²) in [5.41, 5.74) is 0.241. The summed E-state index contributed by atoms with van der Waals surface area (Å²) in [4.78, 5) is 9.13. The fraction of sp³-hybridized carbons (Fsp3) is 0. The zero-order chi connectivity index (χ0) is 4.28. The Balaban J connectivity index is 3.20. The first-order valence-corrected chi connectivity index (χ1v) is 1.63. The predicted molar refractivity (Wildman–Crippen MR) is 24.6 cm³/mol. The third kappa shape index (κ3) is 3.77. The van der Waals surface area contributed by atoms with Crippen molar-refractivity contribution in [3.05, 3.63) is 16.9 Å². The molecule has 3 heteroatoms. The fourth-order valence-electron chi connectivity index (χ4n) is 0. The SMILES string of the molecule is C=C(P)N=O. The van der Waals surface area contributed by atoms with Crippen LogP contribution in [0.1, 0.15) is 0 Å². The summed E-state index contributed by atoms with van der Waals surface area (Å²) in [6.45, 7) is 3.16. The fourth-order valence-corrected chi connectivity index (χ4v) is 0. The van der Waals surface area contributed by atoms with Gasteiger partial charge in [0.05, 0.1) is 5.44 Å². The van der Waals surface area contributed by atoms with Crippen molar-refractivity contribution < 1.29 is 0 Å². The van der Waals surface area contributed by atoms with Gasteiger partial charge in [0.2, 0.25) is 0 Å². The van der Waals surface area contributed by atoms with Crippen molar-refractivity contribution in [1.82, 2.24) is 0 Å². The normalized spacial score (nSPS) is 6.60. The van der Waals surface area contributed by atoms with E-state index in [9.17, 15) is 0 Å². The first-order valence-electron chi connectivity index (χ1n) is 1.05. The minimum atomic E-state index is 0.241. The van der Waals surface area contributed by atoms with Gasteiger partial charge in [-0.15, -0.1) is 4.91 Å². The highest BCUT2D eigenvalue weighted by Gasteiger charge is 1.66. The monoisotopic (exact) mass is 89.0 g/mol. The number of nitrogens with zero attached hydrogens (tertiary/aromatic N) is 1. The van der Waals surface area contributed by atoms with Crippen LogP contribution in [0.5, 0.6) is 0 Å². The van der Waals surface area contributed by atoms with Crippen molar-refractivity contribution in [2.24, 2.45) is 5.18 Å². The highest BCUT2D eigenvalue weighted by atomic mass is 31.0. The predicted octanol–water partition coefficient (Wildman–Crippen LogP) is 1.10. The van der Waals surface area contributed by atoms with Crippen molar-refractivity contribution in [2.75, 3.05) is 0 Å². The molecule has 0 aliphatic heterocycles. The van der Waals surface area contributed by atoms with Crippen LogP contribution in [0.4, 0.5) is 0 Å². The van der Waals surface area contributed by atoms with E-state index in [4.69, 9.17) is 4.91 Å². The summed E-state index contributed by atoms with van der Waals surface area (Å²) >= 11 is 0. The third-order valence-corrected chi connectivity index (χ3v) is 0.223. The molecule has 0 bridgehead atoms. The van der Waals surface area contributed by atoms with Gasteiger partial charge in [-0.2, -0.15) is 0 Å². The van der Waals surface area contributed by atoms with Crippen LogP contribution in [0.25, 0.3) is 0 Å². The van der Waals surface area contributed by atoms with Crippen LogP contribution < -0.4 is 0 Å². The van der Waals surface area contributed by atoms with Crippen LogP contribution in [-0.4, -0.2) is 0 Å². The van der Waals surface area contributed by atoms with Crippen molar-refractivity contribution in [2.45, 2.75) is 0 Å². The standard InChI is InChI=1S/C2H4NOP/c1-2(5)3-4/h1,5H2. The molecule has 0 aliphatic carbocycles. The van der Waals surface area contributed by atoms with E-state index in [0.717, 1.165) is 0 Å². The summed E-state index contributed by atoms with van der Waals surface area (Å²) in [5.74, 6) is 0.